The van der Waals surface area contributed by atoms with E-state index in [2.05, 4.69) is 15.5 Å². The molecule has 0 saturated carbocycles. The lowest BCUT2D eigenvalue weighted by molar-refractivity contribution is 0.0954. The summed E-state index contributed by atoms with van der Waals surface area (Å²) in [4.78, 5) is 11.6. The Kier molecular flexibility index (Phi) is 3.96. The lowest BCUT2D eigenvalue weighted by atomic mass is 10.3. The first-order valence-electron chi connectivity index (χ1n) is 4.82. The maximum atomic E-state index is 11.6. The van der Waals surface area contributed by atoms with Gasteiger partial charge in [0.25, 0.3) is 5.91 Å². The van der Waals surface area contributed by atoms with Gasteiger partial charge >= 0.3 is 0 Å². The van der Waals surface area contributed by atoms with E-state index in [4.69, 9.17) is 0 Å². The Morgan fingerprint density at radius 1 is 1.67 bits per heavy atom. The van der Waals surface area contributed by atoms with Gasteiger partial charge in [0, 0.05) is 35.3 Å². The Labute approximate surface area is 97.0 Å². The van der Waals surface area contributed by atoms with Gasteiger partial charge in [-0.05, 0) is 0 Å². The molecule has 1 atom stereocenters. The summed E-state index contributed by atoms with van der Waals surface area (Å²) in [5.41, 5.74) is 0.600. The minimum atomic E-state index is -0.0417. The second-order valence-corrected chi connectivity index (χ2v) is 5.82. The quantitative estimate of drug-likeness (QED) is 0.831. The summed E-state index contributed by atoms with van der Waals surface area (Å²) in [5, 5.41) is 9.85. The number of H-pyrrole nitrogens is 1. The summed E-state index contributed by atoms with van der Waals surface area (Å²) in [7, 11) is 0. The molecular formula is C9H13N3OS2. The maximum absolute atomic E-state index is 11.6. The molecule has 0 radical (unpaired) electrons. The lowest BCUT2D eigenvalue weighted by Gasteiger charge is -2.20. The molecule has 0 bridgehead atoms. The zero-order chi connectivity index (χ0) is 10.5. The molecule has 15 heavy (non-hydrogen) atoms. The number of aromatic nitrogens is 2. The number of nitrogens with zero attached hydrogens (tertiary/aromatic N) is 1. The van der Waals surface area contributed by atoms with Crippen molar-refractivity contribution in [1.29, 1.82) is 0 Å². The Balaban J connectivity index is 1.75. The number of hydrogen-bond donors (Lipinski definition) is 2. The fourth-order valence-electron chi connectivity index (χ4n) is 1.34. The van der Waals surface area contributed by atoms with E-state index < -0.39 is 0 Å². The molecule has 1 saturated heterocycles. The minimum Gasteiger partial charge on any atom is -0.351 e. The normalized spacial score (nSPS) is 21.2. The highest BCUT2D eigenvalue weighted by Gasteiger charge is 2.15. The van der Waals surface area contributed by atoms with Crippen molar-refractivity contribution in [2.75, 3.05) is 23.8 Å². The van der Waals surface area contributed by atoms with Crippen LogP contribution in [0.5, 0.6) is 0 Å². The Morgan fingerprint density at radius 2 is 2.60 bits per heavy atom. The summed E-state index contributed by atoms with van der Waals surface area (Å²) in [5.74, 6) is 3.52. The smallest absolute Gasteiger partial charge is 0.254 e. The van der Waals surface area contributed by atoms with Gasteiger partial charge in [0.15, 0.2) is 0 Å². The van der Waals surface area contributed by atoms with E-state index in [1.807, 2.05) is 23.5 Å². The Bertz CT molecular complexity index is 309. The van der Waals surface area contributed by atoms with Crippen LogP contribution in [0.1, 0.15) is 10.4 Å². The molecule has 0 aliphatic carbocycles. The number of hydrogen-bond acceptors (Lipinski definition) is 4. The number of carbonyl (C=O) groups excluding carboxylic acids is 1. The van der Waals surface area contributed by atoms with Gasteiger partial charge in [-0.1, -0.05) is 0 Å². The predicted molar refractivity (Wildman–Crippen MR) is 64.5 cm³/mol. The van der Waals surface area contributed by atoms with Crippen molar-refractivity contribution in [1.82, 2.24) is 15.5 Å². The molecule has 1 unspecified atom stereocenters. The van der Waals surface area contributed by atoms with E-state index in [0.717, 1.165) is 12.3 Å². The van der Waals surface area contributed by atoms with Crippen LogP contribution in [0.4, 0.5) is 0 Å². The topological polar surface area (TPSA) is 57.8 Å². The third-order valence-electron chi connectivity index (χ3n) is 2.14. The molecular weight excluding hydrogens is 230 g/mol. The monoisotopic (exact) mass is 243 g/mol. The number of amides is 1. The molecule has 2 heterocycles. The number of nitrogens with one attached hydrogen (secondary N) is 2. The Hall–Kier alpha value is -0.620. The van der Waals surface area contributed by atoms with Crippen LogP contribution in [-0.2, 0) is 0 Å². The SMILES string of the molecule is O=C(NCC1CSCCS1)c1cn[nH]c1. The van der Waals surface area contributed by atoms with Crippen molar-refractivity contribution in [3.63, 3.8) is 0 Å². The number of aromatic amines is 1. The van der Waals surface area contributed by atoms with E-state index >= 15 is 0 Å². The van der Waals surface area contributed by atoms with Crippen molar-refractivity contribution in [2.45, 2.75) is 5.25 Å². The Morgan fingerprint density at radius 3 is 3.27 bits per heavy atom. The average Bonchev–Trinajstić information content (AvgIpc) is 2.81. The van der Waals surface area contributed by atoms with Crippen molar-refractivity contribution < 1.29 is 4.79 Å². The third-order valence-corrected chi connectivity index (χ3v) is 4.98. The van der Waals surface area contributed by atoms with Crippen molar-refractivity contribution >= 4 is 29.4 Å². The molecule has 1 amide bonds. The van der Waals surface area contributed by atoms with Gasteiger partial charge in [-0.25, -0.2) is 0 Å². The molecule has 1 aliphatic rings. The van der Waals surface area contributed by atoms with E-state index in [9.17, 15) is 4.79 Å². The molecule has 0 spiro atoms. The summed E-state index contributed by atoms with van der Waals surface area (Å²) >= 11 is 3.90. The van der Waals surface area contributed by atoms with Crippen LogP contribution in [0.15, 0.2) is 12.4 Å². The highest BCUT2D eigenvalue weighted by Crippen LogP contribution is 2.23. The summed E-state index contributed by atoms with van der Waals surface area (Å²) in [6.07, 6.45) is 3.15. The molecule has 1 fully saturated rings. The molecule has 6 heteroatoms. The zero-order valence-electron chi connectivity index (χ0n) is 8.23. The molecule has 1 aromatic rings. The summed E-state index contributed by atoms with van der Waals surface area (Å²) in [6, 6.07) is 0. The van der Waals surface area contributed by atoms with Gasteiger partial charge in [-0.15, -0.1) is 0 Å². The molecule has 82 valence electrons. The predicted octanol–water partition coefficient (Wildman–Crippen LogP) is 0.988. The van der Waals surface area contributed by atoms with Crippen LogP contribution in [0, 0.1) is 0 Å². The number of rotatable bonds is 3. The van der Waals surface area contributed by atoms with Crippen molar-refractivity contribution in [3.8, 4) is 0 Å². The van der Waals surface area contributed by atoms with Crippen molar-refractivity contribution in [2.24, 2.45) is 0 Å². The average molecular weight is 243 g/mol. The van der Waals surface area contributed by atoms with Crippen LogP contribution >= 0.6 is 23.5 Å². The standard InChI is InChI=1S/C9H13N3OS2/c13-9(7-3-11-12-4-7)10-5-8-6-14-1-2-15-8/h3-4,8H,1-2,5-6H2,(H,10,13)(H,11,12). The van der Waals surface area contributed by atoms with Gasteiger partial charge in [-0.3, -0.25) is 9.89 Å². The van der Waals surface area contributed by atoms with Gasteiger partial charge in [-0.2, -0.15) is 28.6 Å². The molecule has 1 aliphatic heterocycles. The zero-order valence-corrected chi connectivity index (χ0v) is 9.87. The third kappa shape index (κ3) is 3.17. The van der Waals surface area contributed by atoms with Crippen LogP contribution in [0.25, 0.3) is 0 Å². The fourth-order valence-corrected chi connectivity index (χ4v) is 3.95. The van der Waals surface area contributed by atoms with Gasteiger partial charge in [0.05, 0.1) is 11.8 Å². The summed E-state index contributed by atoms with van der Waals surface area (Å²) < 4.78 is 0. The maximum Gasteiger partial charge on any atom is 0.254 e. The van der Waals surface area contributed by atoms with Gasteiger partial charge in [0.1, 0.15) is 0 Å². The first kappa shape index (κ1) is 10.9. The summed E-state index contributed by atoms with van der Waals surface area (Å²) in [6.45, 7) is 0.752. The molecule has 0 aromatic carbocycles. The fraction of sp³-hybridized carbons (Fsp3) is 0.556. The number of thioether (sulfide) groups is 2. The van der Waals surface area contributed by atoms with Gasteiger partial charge in [0.2, 0.25) is 0 Å². The van der Waals surface area contributed by atoms with E-state index in [1.165, 1.54) is 17.7 Å². The molecule has 1 aromatic heterocycles. The van der Waals surface area contributed by atoms with Gasteiger partial charge < -0.3 is 5.32 Å². The van der Waals surface area contributed by atoms with E-state index in [1.54, 1.807) is 6.20 Å². The highest BCUT2D eigenvalue weighted by atomic mass is 32.2. The second kappa shape index (κ2) is 5.46. The molecule has 2 rings (SSSR count). The van der Waals surface area contributed by atoms with E-state index in [-0.39, 0.29) is 5.91 Å². The largest absolute Gasteiger partial charge is 0.351 e. The molecule has 2 N–H and O–H groups in total. The van der Waals surface area contributed by atoms with Crippen LogP contribution in [-0.4, -0.2) is 45.2 Å². The molecule has 4 nitrogen and oxygen atoms in total. The second-order valence-electron chi connectivity index (χ2n) is 3.26. The van der Waals surface area contributed by atoms with Crippen molar-refractivity contribution in [3.05, 3.63) is 18.0 Å². The number of carbonyl (C=O) groups is 1. The minimum absolute atomic E-state index is 0.0417. The van der Waals surface area contributed by atoms with Crippen LogP contribution in [0.3, 0.4) is 0 Å². The van der Waals surface area contributed by atoms with Crippen LogP contribution < -0.4 is 5.32 Å². The highest BCUT2D eigenvalue weighted by molar-refractivity contribution is 8.06. The first-order valence-corrected chi connectivity index (χ1v) is 7.03. The lowest BCUT2D eigenvalue weighted by Crippen LogP contribution is -2.33. The van der Waals surface area contributed by atoms with Crippen LogP contribution in [0.2, 0.25) is 0 Å². The first-order chi connectivity index (χ1) is 7.36. The van der Waals surface area contributed by atoms with E-state index in [0.29, 0.717) is 10.8 Å².